The molecule has 1 heterocycles. The number of hydrogen-bond acceptors (Lipinski definition) is 7. The van der Waals surface area contributed by atoms with Crippen LogP contribution < -0.4 is 20.0 Å². The first-order chi connectivity index (χ1) is 15.0. The first kappa shape index (κ1) is 22.1. The number of primary amides is 1. The summed E-state index contributed by atoms with van der Waals surface area (Å²) in [6.07, 6.45) is 1.69. The third-order valence-corrected chi connectivity index (χ3v) is 5.20. The minimum absolute atomic E-state index is 0.0458. The monoisotopic (exact) mass is 440 g/mol. The highest BCUT2D eigenvalue weighted by atomic mass is 32.1. The van der Waals surface area contributed by atoms with Crippen LogP contribution >= 0.6 is 11.3 Å². The SMILES string of the molecule is CCN=c1scc(-c2ccc(O)c(C(N)=O)c2)n1/N=C/c1ccc(OCC)c(OC)c1. The van der Waals surface area contributed by atoms with Crippen molar-refractivity contribution in [1.29, 1.82) is 0 Å². The lowest BCUT2D eigenvalue weighted by atomic mass is 10.1. The standard InChI is InChI=1S/C22H24N4O4S/c1-4-24-22-26(25-12-14-6-9-19(30-5-2)20(10-14)29-3)17(13-31-22)15-7-8-18(27)16(11-15)21(23)28/h6-13,27H,4-5H2,1-3H3,(H2,23,28)/b24-22?,25-12+. The molecule has 0 aliphatic heterocycles. The van der Waals surface area contributed by atoms with Crippen LogP contribution in [0.1, 0.15) is 29.8 Å². The van der Waals surface area contributed by atoms with E-state index in [2.05, 4.69) is 10.1 Å². The highest BCUT2D eigenvalue weighted by Gasteiger charge is 2.13. The summed E-state index contributed by atoms with van der Waals surface area (Å²) in [7, 11) is 1.59. The largest absolute Gasteiger partial charge is 0.507 e. The quantitative estimate of drug-likeness (QED) is 0.524. The number of carbonyl (C=O) groups excluding carboxylic acids is 1. The summed E-state index contributed by atoms with van der Waals surface area (Å²) >= 11 is 1.43. The average Bonchev–Trinajstić information content (AvgIpc) is 3.16. The molecule has 0 radical (unpaired) electrons. The Kier molecular flexibility index (Phi) is 7.09. The fourth-order valence-electron chi connectivity index (χ4n) is 2.91. The number of thiazole rings is 1. The van der Waals surface area contributed by atoms with E-state index in [9.17, 15) is 9.90 Å². The lowest BCUT2D eigenvalue weighted by Gasteiger charge is -2.09. The van der Waals surface area contributed by atoms with Crippen LogP contribution in [0.5, 0.6) is 17.2 Å². The number of amides is 1. The molecule has 2 aromatic carbocycles. The molecule has 3 rings (SSSR count). The molecular formula is C22H24N4O4S. The van der Waals surface area contributed by atoms with Gasteiger partial charge in [0.25, 0.3) is 5.91 Å². The maximum Gasteiger partial charge on any atom is 0.252 e. The van der Waals surface area contributed by atoms with Crippen molar-refractivity contribution in [3.8, 4) is 28.5 Å². The Hall–Kier alpha value is -3.59. The van der Waals surface area contributed by atoms with Gasteiger partial charge in [0, 0.05) is 17.5 Å². The minimum atomic E-state index is -0.704. The van der Waals surface area contributed by atoms with Crippen molar-refractivity contribution < 1.29 is 19.4 Å². The van der Waals surface area contributed by atoms with E-state index in [0.717, 1.165) is 5.56 Å². The van der Waals surface area contributed by atoms with Crippen LogP contribution in [0.4, 0.5) is 0 Å². The first-order valence-electron chi connectivity index (χ1n) is 9.67. The molecular weight excluding hydrogens is 416 g/mol. The molecule has 1 amide bonds. The highest BCUT2D eigenvalue weighted by molar-refractivity contribution is 7.07. The molecule has 0 spiro atoms. The van der Waals surface area contributed by atoms with E-state index in [1.807, 2.05) is 37.4 Å². The van der Waals surface area contributed by atoms with E-state index in [4.69, 9.17) is 15.2 Å². The number of nitrogens with two attached hydrogens (primary N) is 1. The molecule has 0 aliphatic rings. The zero-order valence-corrected chi connectivity index (χ0v) is 18.3. The number of benzene rings is 2. The van der Waals surface area contributed by atoms with E-state index in [-0.39, 0.29) is 11.3 Å². The van der Waals surface area contributed by atoms with Gasteiger partial charge in [0.05, 0.1) is 31.2 Å². The van der Waals surface area contributed by atoms with Gasteiger partial charge in [0.15, 0.2) is 11.5 Å². The van der Waals surface area contributed by atoms with Gasteiger partial charge in [-0.3, -0.25) is 9.79 Å². The smallest absolute Gasteiger partial charge is 0.252 e. The summed E-state index contributed by atoms with van der Waals surface area (Å²) in [6, 6.07) is 10.2. The Morgan fingerprint density at radius 1 is 1.23 bits per heavy atom. The molecule has 162 valence electrons. The molecule has 0 bridgehead atoms. The van der Waals surface area contributed by atoms with E-state index >= 15 is 0 Å². The van der Waals surface area contributed by atoms with Crippen molar-refractivity contribution in [1.82, 2.24) is 4.68 Å². The van der Waals surface area contributed by atoms with Crippen LogP contribution in [0, 0.1) is 0 Å². The van der Waals surface area contributed by atoms with Gasteiger partial charge in [-0.25, -0.2) is 4.68 Å². The van der Waals surface area contributed by atoms with Gasteiger partial charge >= 0.3 is 0 Å². The Bertz CT molecular complexity index is 1180. The molecule has 0 aliphatic carbocycles. The molecule has 0 unspecified atom stereocenters. The number of methoxy groups -OCH3 is 1. The van der Waals surface area contributed by atoms with E-state index < -0.39 is 5.91 Å². The van der Waals surface area contributed by atoms with Crippen molar-refractivity contribution >= 4 is 23.5 Å². The third kappa shape index (κ3) is 4.95. The number of aromatic nitrogens is 1. The molecule has 0 atom stereocenters. The van der Waals surface area contributed by atoms with E-state index in [0.29, 0.717) is 40.7 Å². The summed E-state index contributed by atoms with van der Waals surface area (Å²) in [5.41, 5.74) is 7.64. The van der Waals surface area contributed by atoms with E-state index in [1.54, 1.807) is 30.1 Å². The highest BCUT2D eigenvalue weighted by Crippen LogP contribution is 2.28. The van der Waals surface area contributed by atoms with Crippen molar-refractivity contribution in [2.24, 2.45) is 15.8 Å². The Labute approximate surface area is 183 Å². The Morgan fingerprint density at radius 2 is 2.03 bits per heavy atom. The molecule has 0 fully saturated rings. The molecule has 3 aromatic rings. The van der Waals surface area contributed by atoms with E-state index in [1.165, 1.54) is 17.4 Å². The summed E-state index contributed by atoms with van der Waals surface area (Å²) in [4.78, 5) is 16.8. The minimum Gasteiger partial charge on any atom is -0.507 e. The topological polar surface area (TPSA) is 111 Å². The second-order valence-electron chi connectivity index (χ2n) is 6.37. The predicted octanol–water partition coefficient (Wildman–Crippen LogP) is 3.23. The normalized spacial score (nSPS) is 11.8. The fraction of sp³-hybridized carbons (Fsp3) is 0.227. The van der Waals surface area contributed by atoms with Crippen LogP contribution in [-0.2, 0) is 0 Å². The van der Waals surface area contributed by atoms with Crippen molar-refractivity contribution in [2.45, 2.75) is 13.8 Å². The van der Waals surface area contributed by atoms with Gasteiger partial charge in [-0.15, -0.1) is 11.3 Å². The second kappa shape index (κ2) is 9.94. The maximum atomic E-state index is 11.6. The predicted molar refractivity (Wildman–Crippen MR) is 121 cm³/mol. The van der Waals surface area contributed by atoms with Gasteiger partial charge in [0.2, 0.25) is 4.80 Å². The number of hydrogen-bond donors (Lipinski definition) is 2. The maximum absolute atomic E-state index is 11.6. The lowest BCUT2D eigenvalue weighted by molar-refractivity contribution is 0.0998. The molecule has 31 heavy (non-hydrogen) atoms. The summed E-state index contributed by atoms with van der Waals surface area (Å²) in [5.74, 6) is 0.409. The Balaban J connectivity index is 2.06. The van der Waals surface area contributed by atoms with Crippen molar-refractivity contribution in [2.75, 3.05) is 20.3 Å². The number of carbonyl (C=O) groups is 1. The summed E-state index contributed by atoms with van der Waals surface area (Å²) in [5, 5.41) is 16.4. The second-order valence-corrected chi connectivity index (χ2v) is 7.21. The zero-order valence-electron chi connectivity index (χ0n) is 17.5. The summed E-state index contributed by atoms with van der Waals surface area (Å²) < 4.78 is 12.6. The summed E-state index contributed by atoms with van der Waals surface area (Å²) in [6.45, 7) is 4.99. The molecule has 9 heteroatoms. The number of ether oxygens (including phenoxy) is 2. The molecule has 1 aromatic heterocycles. The van der Waals surface area contributed by atoms with Crippen molar-refractivity contribution in [3.63, 3.8) is 0 Å². The van der Waals surface area contributed by atoms with Gasteiger partial charge in [-0.2, -0.15) is 5.10 Å². The van der Waals surface area contributed by atoms with Crippen LogP contribution in [-0.4, -0.2) is 42.2 Å². The lowest BCUT2D eigenvalue weighted by Crippen LogP contribution is -2.13. The van der Waals surface area contributed by atoms with Gasteiger partial charge in [-0.05, 0) is 55.8 Å². The molecule has 0 saturated heterocycles. The van der Waals surface area contributed by atoms with Crippen LogP contribution in [0.25, 0.3) is 11.3 Å². The number of nitrogens with zero attached hydrogens (tertiary/aromatic N) is 3. The van der Waals surface area contributed by atoms with Crippen LogP contribution in [0.3, 0.4) is 0 Å². The van der Waals surface area contributed by atoms with Crippen LogP contribution in [0.2, 0.25) is 0 Å². The van der Waals surface area contributed by atoms with Gasteiger partial charge in [0.1, 0.15) is 5.75 Å². The number of phenols is 1. The number of aromatic hydroxyl groups is 1. The van der Waals surface area contributed by atoms with Gasteiger partial charge in [-0.1, -0.05) is 0 Å². The fourth-order valence-corrected chi connectivity index (χ4v) is 3.81. The number of rotatable bonds is 8. The molecule has 3 N–H and O–H groups in total. The van der Waals surface area contributed by atoms with Crippen molar-refractivity contribution in [3.05, 3.63) is 57.7 Å². The molecule has 0 saturated carbocycles. The first-order valence-corrected chi connectivity index (χ1v) is 10.6. The van der Waals surface area contributed by atoms with Crippen LogP contribution in [0.15, 0.2) is 51.9 Å². The third-order valence-electron chi connectivity index (χ3n) is 4.35. The van der Waals surface area contributed by atoms with Gasteiger partial charge < -0.3 is 20.3 Å². The molecule has 8 nitrogen and oxygen atoms in total. The average molecular weight is 441 g/mol. The zero-order chi connectivity index (χ0) is 22.4. The Morgan fingerprint density at radius 3 is 2.71 bits per heavy atom.